The predicted molar refractivity (Wildman–Crippen MR) is 93.1 cm³/mol. The van der Waals surface area contributed by atoms with E-state index in [-0.39, 0.29) is 11.9 Å². The summed E-state index contributed by atoms with van der Waals surface area (Å²) in [5.41, 5.74) is 4.57. The van der Waals surface area contributed by atoms with Crippen LogP contribution < -0.4 is 9.47 Å². The summed E-state index contributed by atoms with van der Waals surface area (Å²) in [6, 6.07) is 11.7. The van der Waals surface area contributed by atoms with Gasteiger partial charge in [-0.15, -0.1) is 0 Å². The van der Waals surface area contributed by atoms with Gasteiger partial charge in [-0.2, -0.15) is 5.26 Å². The molecule has 4 rings (SSSR count). The van der Waals surface area contributed by atoms with Crippen LogP contribution in [0.3, 0.4) is 0 Å². The molecule has 0 bridgehead atoms. The topological polar surface area (TPSA) is 59.3 Å². The number of nitrogens with zero attached hydrogens (tertiary/aromatic N) is 1. The van der Waals surface area contributed by atoms with Crippen molar-refractivity contribution in [2.24, 2.45) is 0 Å². The van der Waals surface area contributed by atoms with Gasteiger partial charge in [-0.1, -0.05) is 6.07 Å². The van der Waals surface area contributed by atoms with Gasteiger partial charge in [-0.05, 0) is 61.6 Å². The Labute approximate surface area is 147 Å². The third-order valence-corrected chi connectivity index (χ3v) is 5.03. The van der Waals surface area contributed by atoms with Crippen LogP contribution in [0, 0.1) is 18.3 Å². The van der Waals surface area contributed by atoms with E-state index in [0.29, 0.717) is 29.9 Å². The molecule has 0 amide bonds. The second-order valence-corrected chi connectivity index (χ2v) is 6.61. The highest BCUT2D eigenvalue weighted by atomic mass is 16.5. The molecule has 4 nitrogen and oxygen atoms in total. The zero-order valence-corrected chi connectivity index (χ0v) is 14.2. The fraction of sp³-hybridized carbons (Fsp3) is 0.333. The first-order chi connectivity index (χ1) is 12.2. The summed E-state index contributed by atoms with van der Waals surface area (Å²) >= 11 is 0. The summed E-state index contributed by atoms with van der Waals surface area (Å²) in [6.45, 7) is 2.37. The van der Waals surface area contributed by atoms with Crippen LogP contribution in [0.25, 0.3) is 0 Å². The molecule has 0 radical (unpaired) electrons. The number of fused-ring (bicyclic) bond motifs is 2. The first-order valence-electron chi connectivity index (χ1n) is 8.66. The van der Waals surface area contributed by atoms with Crippen LogP contribution in [0.15, 0.2) is 30.3 Å². The molecule has 1 unspecified atom stereocenters. The van der Waals surface area contributed by atoms with Crippen molar-refractivity contribution in [3.63, 3.8) is 0 Å². The van der Waals surface area contributed by atoms with Gasteiger partial charge in [0, 0.05) is 12.0 Å². The van der Waals surface area contributed by atoms with Crippen molar-refractivity contribution in [3.05, 3.63) is 58.1 Å². The molecule has 1 heterocycles. The number of Topliss-reactive ketones (excluding diaryl/α,β-unsaturated/α-hetero) is 1. The quantitative estimate of drug-likeness (QED) is 0.822. The number of ether oxygens (including phenoxy) is 2. The molecule has 1 aliphatic carbocycles. The molecule has 2 aliphatic rings. The van der Waals surface area contributed by atoms with E-state index in [0.717, 1.165) is 36.1 Å². The Hall–Kier alpha value is -2.80. The zero-order chi connectivity index (χ0) is 17.4. The molecule has 0 spiro atoms. The van der Waals surface area contributed by atoms with Gasteiger partial charge < -0.3 is 9.47 Å². The first kappa shape index (κ1) is 15.7. The Morgan fingerprint density at radius 1 is 1.24 bits per heavy atom. The lowest BCUT2D eigenvalue weighted by Crippen LogP contribution is -2.18. The number of carbonyl (C=O) groups is 1. The number of benzene rings is 2. The van der Waals surface area contributed by atoms with Gasteiger partial charge in [0.25, 0.3) is 0 Å². The van der Waals surface area contributed by atoms with Crippen molar-refractivity contribution in [3.8, 4) is 17.6 Å². The molecule has 2 aromatic rings. The van der Waals surface area contributed by atoms with Crippen molar-refractivity contribution >= 4 is 5.78 Å². The molecular formula is C21H19NO3. The number of ketones is 1. The molecule has 0 aromatic heterocycles. The second kappa shape index (κ2) is 6.25. The summed E-state index contributed by atoms with van der Waals surface area (Å²) in [6.07, 6.45) is 3.35. The normalized spacial score (nSPS) is 18.6. The lowest BCUT2D eigenvalue weighted by molar-refractivity contribution is 0.0932. The van der Waals surface area contributed by atoms with E-state index in [9.17, 15) is 4.79 Å². The number of rotatable bonds is 2. The largest absolute Gasteiger partial charge is 0.492 e. The van der Waals surface area contributed by atoms with Crippen LogP contribution >= 0.6 is 0 Å². The highest BCUT2D eigenvalue weighted by molar-refractivity contribution is 6.00. The SMILES string of the molecule is Cc1c(OC2CCCc3cc(C#N)ccc32)ccc2c1OCCC2=O. The Kier molecular flexibility index (Phi) is 3.93. The smallest absolute Gasteiger partial charge is 0.170 e. The molecule has 0 saturated carbocycles. The number of aryl methyl sites for hydroxylation is 1. The fourth-order valence-corrected chi connectivity index (χ4v) is 3.70. The molecule has 0 saturated heterocycles. The highest BCUT2D eigenvalue weighted by Gasteiger charge is 2.26. The lowest BCUT2D eigenvalue weighted by Gasteiger charge is -2.28. The van der Waals surface area contributed by atoms with Crippen LogP contribution in [-0.4, -0.2) is 12.4 Å². The third-order valence-electron chi connectivity index (χ3n) is 5.03. The summed E-state index contributed by atoms with van der Waals surface area (Å²) in [5, 5.41) is 9.09. The monoisotopic (exact) mass is 333 g/mol. The molecule has 1 atom stereocenters. The Morgan fingerprint density at radius 2 is 2.12 bits per heavy atom. The maximum atomic E-state index is 12.0. The van der Waals surface area contributed by atoms with Crippen molar-refractivity contribution < 1.29 is 14.3 Å². The van der Waals surface area contributed by atoms with E-state index in [2.05, 4.69) is 6.07 Å². The Bertz CT molecular complexity index is 895. The standard InChI is InChI=1S/C21H19NO3/c1-13-19(8-7-17-18(23)9-10-24-21(13)17)25-20-4-2-3-15-11-14(12-22)5-6-16(15)20/h5-8,11,20H,2-4,9-10H2,1H3. The number of hydrogen-bond donors (Lipinski definition) is 0. The average Bonchev–Trinajstić information content (AvgIpc) is 2.64. The minimum absolute atomic E-state index is 0.0347. The van der Waals surface area contributed by atoms with Crippen molar-refractivity contribution in [2.45, 2.75) is 38.7 Å². The Balaban J connectivity index is 1.66. The fourth-order valence-electron chi connectivity index (χ4n) is 3.70. The van der Waals surface area contributed by atoms with Crippen molar-refractivity contribution in [1.82, 2.24) is 0 Å². The molecule has 0 N–H and O–H groups in total. The lowest BCUT2D eigenvalue weighted by atomic mass is 9.88. The van der Waals surface area contributed by atoms with Gasteiger partial charge in [0.2, 0.25) is 0 Å². The van der Waals surface area contributed by atoms with Crippen LogP contribution in [-0.2, 0) is 6.42 Å². The third kappa shape index (κ3) is 2.76. The van der Waals surface area contributed by atoms with Crippen LogP contribution in [0.1, 0.15) is 58.0 Å². The predicted octanol–water partition coefficient (Wildman–Crippen LogP) is 4.29. The molecule has 2 aromatic carbocycles. The van der Waals surface area contributed by atoms with Crippen molar-refractivity contribution in [2.75, 3.05) is 6.61 Å². The second-order valence-electron chi connectivity index (χ2n) is 6.61. The van der Waals surface area contributed by atoms with E-state index >= 15 is 0 Å². The van der Waals surface area contributed by atoms with Gasteiger partial charge in [0.1, 0.15) is 17.6 Å². The van der Waals surface area contributed by atoms with Crippen molar-refractivity contribution in [1.29, 1.82) is 5.26 Å². The highest BCUT2D eigenvalue weighted by Crippen LogP contribution is 2.39. The zero-order valence-electron chi connectivity index (χ0n) is 14.2. The molecule has 126 valence electrons. The number of nitriles is 1. The van der Waals surface area contributed by atoms with E-state index in [4.69, 9.17) is 14.7 Å². The Morgan fingerprint density at radius 3 is 2.96 bits per heavy atom. The molecule has 1 aliphatic heterocycles. The summed E-state index contributed by atoms with van der Waals surface area (Å²) < 4.78 is 12.0. The van der Waals surface area contributed by atoms with Gasteiger partial charge in [0.15, 0.2) is 5.78 Å². The molecule has 25 heavy (non-hydrogen) atoms. The van der Waals surface area contributed by atoms with E-state index in [1.165, 1.54) is 5.56 Å². The summed E-state index contributed by atoms with van der Waals surface area (Å²) in [4.78, 5) is 12.0. The molecular weight excluding hydrogens is 314 g/mol. The van der Waals surface area contributed by atoms with Gasteiger partial charge in [0.05, 0.1) is 23.8 Å². The van der Waals surface area contributed by atoms with Gasteiger partial charge in [-0.3, -0.25) is 4.79 Å². The maximum absolute atomic E-state index is 12.0. The molecule has 4 heteroatoms. The number of carbonyl (C=O) groups excluding carboxylic acids is 1. The van der Waals surface area contributed by atoms with Gasteiger partial charge in [-0.25, -0.2) is 0 Å². The maximum Gasteiger partial charge on any atom is 0.170 e. The average molecular weight is 333 g/mol. The van der Waals surface area contributed by atoms with Gasteiger partial charge >= 0.3 is 0 Å². The first-order valence-corrected chi connectivity index (χ1v) is 8.66. The number of hydrogen-bond acceptors (Lipinski definition) is 4. The van der Waals surface area contributed by atoms with Crippen LogP contribution in [0.5, 0.6) is 11.5 Å². The summed E-state index contributed by atoms with van der Waals surface area (Å²) in [7, 11) is 0. The van der Waals surface area contributed by atoms with Crippen LogP contribution in [0.2, 0.25) is 0 Å². The molecule has 0 fully saturated rings. The van der Waals surface area contributed by atoms with E-state index in [1.54, 1.807) is 0 Å². The summed E-state index contributed by atoms with van der Waals surface area (Å²) in [5.74, 6) is 1.54. The minimum Gasteiger partial charge on any atom is -0.492 e. The minimum atomic E-state index is -0.0347. The van der Waals surface area contributed by atoms with E-state index in [1.807, 2.05) is 37.3 Å². The van der Waals surface area contributed by atoms with E-state index < -0.39 is 0 Å². The van der Waals surface area contributed by atoms with Crippen LogP contribution in [0.4, 0.5) is 0 Å².